The van der Waals surface area contributed by atoms with Gasteiger partial charge in [0.15, 0.2) is 9.84 Å². The quantitative estimate of drug-likeness (QED) is 0.781. The minimum Gasteiger partial charge on any atom is -0.350 e. The van der Waals surface area contributed by atoms with Crippen LogP contribution in [0.25, 0.3) is 0 Å². The highest BCUT2D eigenvalue weighted by atomic mass is 32.2. The lowest BCUT2D eigenvalue weighted by molar-refractivity contribution is 0.578. The SMILES string of the molecule is CCCS(=O)(=O)CCn1cccc1CC(N)CC. The molecule has 18 heavy (non-hydrogen) atoms. The smallest absolute Gasteiger partial charge is 0.152 e. The molecular formula is C13H24N2O2S. The van der Waals surface area contributed by atoms with E-state index in [4.69, 9.17) is 5.73 Å². The molecule has 104 valence electrons. The Hall–Kier alpha value is -0.810. The molecule has 1 unspecified atom stereocenters. The predicted octanol–water partition coefficient (Wildman–Crippen LogP) is 1.59. The normalized spacial score (nSPS) is 13.7. The van der Waals surface area contributed by atoms with Gasteiger partial charge in [-0.05, 0) is 25.0 Å². The molecule has 1 heterocycles. The Labute approximate surface area is 110 Å². The third-order valence-corrected chi connectivity index (χ3v) is 4.91. The van der Waals surface area contributed by atoms with E-state index in [1.807, 2.05) is 29.8 Å². The summed E-state index contributed by atoms with van der Waals surface area (Å²) in [6, 6.07) is 4.11. The largest absolute Gasteiger partial charge is 0.350 e. The monoisotopic (exact) mass is 272 g/mol. The zero-order valence-electron chi connectivity index (χ0n) is 11.3. The maximum Gasteiger partial charge on any atom is 0.152 e. The summed E-state index contributed by atoms with van der Waals surface area (Å²) in [4.78, 5) is 0. The fourth-order valence-corrected chi connectivity index (χ4v) is 3.22. The lowest BCUT2D eigenvalue weighted by atomic mass is 10.1. The minimum absolute atomic E-state index is 0.144. The van der Waals surface area contributed by atoms with E-state index in [0.717, 1.165) is 18.5 Å². The van der Waals surface area contributed by atoms with Crippen molar-refractivity contribution < 1.29 is 8.42 Å². The first-order valence-corrected chi connectivity index (χ1v) is 8.40. The molecule has 0 aliphatic heterocycles. The van der Waals surface area contributed by atoms with E-state index in [1.54, 1.807) is 0 Å². The van der Waals surface area contributed by atoms with Crippen molar-refractivity contribution >= 4 is 9.84 Å². The van der Waals surface area contributed by atoms with Crippen molar-refractivity contribution in [2.24, 2.45) is 5.73 Å². The number of hydrogen-bond acceptors (Lipinski definition) is 3. The Balaban J connectivity index is 2.60. The van der Waals surface area contributed by atoms with Crippen LogP contribution in [-0.2, 0) is 22.8 Å². The van der Waals surface area contributed by atoms with Gasteiger partial charge in [-0.3, -0.25) is 0 Å². The lowest BCUT2D eigenvalue weighted by Gasteiger charge is -2.12. The van der Waals surface area contributed by atoms with Crippen molar-refractivity contribution in [2.75, 3.05) is 11.5 Å². The van der Waals surface area contributed by atoms with Crippen LogP contribution in [0, 0.1) is 0 Å². The summed E-state index contributed by atoms with van der Waals surface area (Å²) in [5.41, 5.74) is 7.05. The zero-order valence-corrected chi connectivity index (χ0v) is 12.1. The molecule has 1 aromatic rings. The minimum atomic E-state index is -2.91. The van der Waals surface area contributed by atoms with Crippen molar-refractivity contribution in [3.63, 3.8) is 0 Å². The van der Waals surface area contributed by atoms with Gasteiger partial charge in [0.2, 0.25) is 0 Å². The molecule has 0 spiro atoms. The first-order chi connectivity index (χ1) is 8.48. The number of nitrogens with two attached hydrogens (primary N) is 1. The zero-order chi connectivity index (χ0) is 13.6. The number of rotatable bonds is 8. The summed E-state index contributed by atoms with van der Waals surface area (Å²) in [5, 5.41) is 0. The number of aromatic nitrogens is 1. The van der Waals surface area contributed by atoms with Gasteiger partial charge >= 0.3 is 0 Å². The number of nitrogens with zero attached hydrogens (tertiary/aromatic N) is 1. The molecule has 2 N–H and O–H groups in total. The molecule has 1 rings (SSSR count). The molecule has 0 aliphatic rings. The summed E-state index contributed by atoms with van der Waals surface area (Å²) in [6.45, 7) is 4.48. The van der Waals surface area contributed by atoms with Crippen LogP contribution in [0.2, 0.25) is 0 Å². The third-order valence-electron chi connectivity index (χ3n) is 3.08. The summed E-state index contributed by atoms with van der Waals surface area (Å²) in [6.07, 6.45) is 4.34. The van der Waals surface area contributed by atoms with E-state index >= 15 is 0 Å². The van der Waals surface area contributed by atoms with Crippen molar-refractivity contribution in [1.29, 1.82) is 0 Å². The van der Waals surface area contributed by atoms with Crippen LogP contribution in [0.15, 0.2) is 18.3 Å². The van der Waals surface area contributed by atoms with E-state index in [0.29, 0.717) is 13.0 Å². The molecule has 1 aromatic heterocycles. The highest BCUT2D eigenvalue weighted by molar-refractivity contribution is 7.91. The fraction of sp³-hybridized carbons (Fsp3) is 0.692. The van der Waals surface area contributed by atoms with E-state index in [2.05, 4.69) is 6.92 Å². The van der Waals surface area contributed by atoms with Gasteiger partial charge in [-0.1, -0.05) is 13.8 Å². The van der Waals surface area contributed by atoms with Crippen LogP contribution in [-0.4, -0.2) is 30.5 Å². The number of sulfone groups is 1. The third kappa shape index (κ3) is 4.82. The number of aryl methyl sites for hydroxylation is 1. The molecule has 0 fully saturated rings. The highest BCUT2D eigenvalue weighted by Crippen LogP contribution is 2.08. The van der Waals surface area contributed by atoms with Gasteiger partial charge in [0, 0.05) is 36.7 Å². The van der Waals surface area contributed by atoms with Crippen LogP contribution in [0.3, 0.4) is 0 Å². The summed E-state index contributed by atoms with van der Waals surface area (Å²) in [5.74, 6) is 0.488. The maximum atomic E-state index is 11.7. The average Bonchev–Trinajstić information content (AvgIpc) is 2.74. The Morgan fingerprint density at radius 1 is 1.33 bits per heavy atom. The fourth-order valence-electron chi connectivity index (χ4n) is 1.92. The second kappa shape index (κ2) is 6.95. The van der Waals surface area contributed by atoms with Gasteiger partial charge in [-0.25, -0.2) is 8.42 Å². The van der Waals surface area contributed by atoms with Crippen molar-refractivity contribution in [3.8, 4) is 0 Å². The molecule has 0 saturated heterocycles. The van der Waals surface area contributed by atoms with Gasteiger partial charge in [-0.15, -0.1) is 0 Å². The Kier molecular flexibility index (Phi) is 5.88. The lowest BCUT2D eigenvalue weighted by Crippen LogP contribution is -2.24. The molecule has 4 nitrogen and oxygen atoms in total. The molecule has 0 aliphatic carbocycles. The average molecular weight is 272 g/mol. The van der Waals surface area contributed by atoms with Gasteiger partial charge in [0.25, 0.3) is 0 Å². The van der Waals surface area contributed by atoms with Crippen molar-refractivity contribution in [2.45, 2.75) is 45.7 Å². The topological polar surface area (TPSA) is 65.1 Å². The molecular weight excluding hydrogens is 248 g/mol. The van der Waals surface area contributed by atoms with E-state index < -0.39 is 9.84 Å². The van der Waals surface area contributed by atoms with Gasteiger partial charge in [-0.2, -0.15) is 0 Å². The van der Waals surface area contributed by atoms with Crippen LogP contribution < -0.4 is 5.73 Å². The van der Waals surface area contributed by atoms with E-state index in [9.17, 15) is 8.42 Å². The molecule has 0 saturated carbocycles. The predicted molar refractivity (Wildman–Crippen MR) is 75.3 cm³/mol. The maximum absolute atomic E-state index is 11.7. The molecule has 0 aromatic carbocycles. The standard InChI is InChI=1S/C13H24N2O2S/c1-3-9-18(16,17)10-8-15-7-5-6-13(15)11-12(14)4-2/h5-7,12H,3-4,8-11,14H2,1-2H3. The van der Waals surface area contributed by atoms with Crippen molar-refractivity contribution in [1.82, 2.24) is 4.57 Å². The van der Waals surface area contributed by atoms with Crippen LogP contribution in [0.4, 0.5) is 0 Å². The van der Waals surface area contributed by atoms with Gasteiger partial charge < -0.3 is 10.3 Å². The van der Waals surface area contributed by atoms with E-state index in [1.165, 1.54) is 0 Å². The Bertz CT molecular complexity index is 451. The highest BCUT2D eigenvalue weighted by Gasteiger charge is 2.11. The molecule has 0 radical (unpaired) electrons. The second-order valence-corrected chi connectivity index (χ2v) is 7.02. The van der Waals surface area contributed by atoms with Crippen LogP contribution >= 0.6 is 0 Å². The molecule has 0 amide bonds. The summed E-state index contributed by atoms with van der Waals surface area (Å²) in [7, 11) is -2.91. The van der Waals surface area contributed by atoms with Gasteiger partial charge in [0.1, 0.15) is 0 Å². The number of hydrogen-bond donors (Lipinski definition) is 1. The van der Waals surface area contributed by atoms with E-state index in [-0.39, 0.29) is 17.5 Å². The van der Waals surface area contributed by atoms with Crippen LogP contribution in [0.1, 0.15) is 32.4 Å². The van der Waals surface area contributed by atoms with Crippen LogP contribution in [0.5, 0.6) is 0 Å². The summed E-state index contributed by atoms with van der Waals surface area (Å²) < 4.78 is 25.4. The van der Waals surface area contributed by atoms with Gasteiger partial charge in [0.05, 0.1) is 5.75 Å². The Morgan fingerprint density at radius 2 is 2.06 bits per heavy atom. The first-order valence-electron chi connectivity index (χ1n) is 6.58. The van der Waals surface area contributed by atoms with Crippen molar-refractivity contribution in [3.05, 3.63) is 24.0 Å². The molecule has 0 bridgehead atoms. The molecule has 1 atom stereocenters. The first kappa shape index (κ1) is 15.2. The second-order valence-electron chi connectivity index (χ2n) is 4.72. The Morgan fingerprint density at radius 3 is 2.67 bits per heavy atom. The summed E-state index contributed by atoms with van der Waals surface area (Å²) >= 11 is 0. The molecule has 5 heteroatoms.